The summed E-state index contributed by atoms with van der Waals surface area (Å²) in [5, 5.41) is 3.43. The van der Waals surface area contributed by atoms with Gasteiger partial charge in [-0.2, -0.15) is 0 Å². The van der Waals surface area contributed by atoms with Crippen molar-refractivity contribution in [1.29, 1.82) is 0 Å². The van der Waals surface area contributed by atoms with Crippen LogP contribution in [0.25, 0.3) is 0 Å². The van der Waals surface area contributed by atoms with Gasteiger partial charge in [0.1, 0.15) is 11.6 Å². The molecule has 110 valence electrons. The Balaban J connectivity index is 1.97. The molecule has 3 rings (SSSR count). The highest BCUT2D eigenvalue weighted by Crippen LogP contribution is 2.35. The predicted molar refractivity (Wildman–Crippen MR) is 80.2 cm³/mol. The summed E-state index contributed by atoms with van der Waals surface area (Å²) in [5.74, 6) is 0.186. The van der Waals surface area contributed by atoms with Crippen LogP contribution in [0.2, 0.25) is 0 Å². The molecular formula is C18H19F2N. The van der Waals surface area contributed by atoms with Crippen LogP contribution in [0.5, 0.6) is 0 Å². The molecule has 1 aliphatic rings. The smallest absolute Gasteiger partial charge is 0.123 e. The van der Waals surface area contributed by atoms with Crippen molar-refractivity contribution in [2.24, 2.45) is 5.92 Å². The van der Waals surface area contributed by atoms with Crippen molar-refractivity contribution in [2.75, 3.05) is 13.1 Å². The van der Waals surface area contributed by atoms with Crippen LogP contribution in [0.3, 0.4) is 0 Å². The molecule has 0 saturated carbocycles. The second kappa shape index (κ2) is 6.35. The van der Waals surface area contributed by atoms with Crippen molar-refractivity contribution in [1.82, 2.24) is 5.32 Å². The van der Waals surface area contributed by atoms with E-state index in [4.69, 9.17) is 0 Å². The van der Waals surface area contributed by atoms with Gasteiger partial charge in [-0.3, -0.25) is 0 Å². The molecule has 2 aromatic carbocycles. The number of benzene rings is 2. The summed E-state index contributed by atoms with van der Waals surface area (Å²) in [6.45, 7) is 2.00. The summed E-state index contributed by atoms with van der Waals surface area (Å²) in [4.78, 5) is 0. The van der Waals surface area contributed by atoms with E-state index in [9.17, 15) is 8.78 Å². The van der Waals surface area contributed by atoms with Gasteiger partial charge in [-0.25, -0.2) is 8.78 Å². The molecule has 2 aromatic rings. The third-order valence-corrected chi connectivity index (χ3v) is 4.26. The Morgan fingerprint density at radius 3 is 1.81 bits per heavy atom. The summed E-state index contributed by atoms with van der Waals surface area (Å²) in [5.41, 5.74) is 2.19. The first-order chi connectivity index (χ1) is 10.2. The number of halogens is 2. The van der Waals surface area contributed by atoms with Crippen LogP contribution in [0, 0.1) is 17.6 Å². The van der Waals surface area contributed by atoms with E-state index in [-0.39, 0.29) is 17.6 Å². The van der Waals surface area contributed by atoms with Gasteiger partial charge in [0.2, 0.25) is 0 Å². The quantitative estimate of drug-likeness (QED) is 0.896. The number of piperidine rings is 1. The fourth-order valence-corrected chi connectivity index (χ4v) is 3.24. The summed E-state index contributed by atoms with van der Waals surface area (Å²) < 4.78 is 26.4. The number of hydrogen-bond donors (Lipinski definition) is 1. The third-order valence-electron chi connectivity index (χ3n) is 4.26. The summed E-state index contributed by atoms with van der Waals surface area (Å²) in [6.07, 6.45) is 2.27. The predicted octanol–water partition coefficient (Wildman–Crippen LogP) is 4.10. The maximum Gasteiger partial charge on any atom is 0.123 e. The first-order valence-electron chi connectivity index (χ1n) is 7.45. The zero-order valence-corrected chi connectivity index (χ0v) is 11.9. The van der Waals surface area contributed by atoms with E-state index in [2.05, 4.69) is 5.32 Å². The fraction of sp³-hybridized carbons (Fsp3) is 0.333. The summed E-state index contributed by atoms with van der Waals surface area (Å²) >= 11 is 0. The van der Waals surface area contributed by atoms with Crippen LogP contribution < -0.4 is 5.32 Å². The molecule has 1 heterocycles. The highest BCUT2D eigenvalue weighted by atomic mass is 19.1. The lowest BCUT2D eigenvalue weighted by atomic mass is 9.77. The lowest BCUT2D eigenvalue weighted by Crippen LogP contribution is -2.33. The molecule has 0 aromatic heterocycles. The number of hydrogen-bond acceptors (Lipinski definition) is 1. The molecule has 1 nitrogen and oxygen atoms in total. The Morgan fingerprint density at radius 1 is 0.857 bits per heavy atom. The van der Waals surface area contributed by atoms with Gasteiger partial charge in [0.05, 0.1) is 0 Å². The molecule has 0 radical (unpaired) electrons. The highest BCUT2D eigenvalue weighted by Gasteiger charge is 2.26. The van der Waals surface area contributed by atoms with Crippen LogP contribution in [-0.2, 0) is 0 Å². The molecule has 1 aliphatic heterocycles. The Hall–Kier alpha value is -1.74. The Morgan fingerprint density at radius 2 is 1.38 bits per heavy atom. The molecule has 1 fully saturated rings. The van der Waals surface area contributed by atoms with E-state index in [0.717, 1.165) is 37.1 Å². The molecule has 0 unspecified atom stereocenters. The second-order valence-electron chi connectivity index (χ2n) is 5.69. The van der Waals surface area contributed by atoms with Gasteiger partial charge in [-0.15, -0.1) is 0 Å². The van der Waals surface area contributed by atoms with E-state index in [1.807, 2.05) is 24.3 Å². The first-order valence-corrected chi connectivity index (χ1v) is 7.45. The van der Waals surface area contributed by atoms with Crippen LogP contribution in [0.4, 0.5) is 8.78 Å². The summed E-state index contributed by atoms with van der Waals surface area (Å²) in [7, 11) is 0. The molecule has 3 heteroatoms. The Labute approximate surface area is 124 Å². The number of nitrogens with one attached hydrogen (secondary N) is 1. The van der Waals surface area contributed by atoms with Gasteiger partial charge in [0, 0.05) is 5.92 Å². The lowest BCUT2D eigenvalue weighted by molar-refractivity contribution is 0.346. The first kappa shape index (κ1) is 14.2. The topological polar surface area (TPSA) is 12.0 Å². The van der Waals surface area contributed by atoms with Crippen LogP contribution in [0.15, 0.2) is 48.5 Å². The van der Waals surface area contributed by atoms with Gasteiger partial charge in [0.15, 0.2) is 0 Å². The van der Waals surface area contributed by atoms with Gasteiger partial charge in [0.25, 0.3) is 0 Å². The zero-order valence-electron chi connectivity index (χ0n) is 11.9. The monoisotopic (exact) mass is 287 g/mol. The molecule has 0 spiro atoms. The van der Waals surface area contributed by atoms with Crippen LogP contribution in [0.1, 0.15) is 29.9 Å². The second-order valence-corrected chi connectivity index (χ2v) is 5.69. The van der Waals surface area contributed by atoms with E-state index >= 15 is 0 Å². The minimum Gasteiger partial charge on any atom is -0.316 e. The maximum absolute atomic E-state index is 13.2. The van der Waals surface area contributed by atoms with Crippen molar-refractivity contribution in [3.63, 3.8) is 0 Å². The van der Waals surface area contributed by atoms with E-state index in [0.29, 0.717) is 5.92 Å². The van der Waals surface area contributed by atoms with Gasteiger partial charge >= 0.3 is 0 Å². The average Bonchev–Trinajstić information content (AvgIpc) is 2.52. The average molecular weight is 287 g/mol. The normalized spacial score (nSPS) is 18.9. The Kier molecular flexibility index (Phi) is 4.30. The standard InChI is InChI=1S/C18H19F2N/c19-16-7-3-13(4-8-16)18(15-2-1-11-21-12-15)14-5-9-17(20)10-6-14/h3-10,15,18,21H,1-2,11-12H2/t15-/m1/s1. The molecule has 0 amide bonds. The Bertz CT molecular complexity index is 526. The SMILES string of the molecule is Fc1ccc(C(c2ccc(F)cc2)[C@@H]2CCCNC2)cc1. The zero-order chi connectivity index (χ0) is 14.7. The van der Waals surface area contributed by atoms with E-state index < -0.39 is 0 Å². The lowest BCUT2D eigenvalue weighted by Gasteiger charge is -2.31. The van der Waals surface area contributed by atoms with Gasteiger partial charge in [-0.05, 0) is 67.2 Å². The van der Waals surface area contributed by atoms with Crippen molar-refractivity contribution >= 4 is 0 Å². The van der Waals surface area contributed by atoms with Gasteiger partial charge in [-0.1, -0.05) is 24.3 Å². The minimum absolute atomic E-state index is 0.180. The minimum atomic E-state index is -0.224. The molecule has 1 atom stereocenters. The molecule has 21 heavy (non-hydrogen) atoms. The summed E-state index contributed by atoms with van der Waals surface area (Å²) in [6, 6.07) is 13.4. The molecule has 1 saturated heterocycles. The van der Waals surface area contributed by atoms with Crippen molar-refractivity contribution in [2.45, 2.75) is 18.8 Å². The third kappa shape index (κ3) is 3.30. The van der Waals surface area contributed by atoms with Crippen molar-refractivity contribution in [3.8, 4) is 0 Å². The molecular weight excluding hydrogens is 268 g/mol. The van der Waals surface area contributed by atoms with Crippen molar-refractivity contribution in [3.05, 3.63) is 71.3 Å². The van der Waals surface area contributed by atoms with Crippen LogP contribution in [-0.4, -0.2) is 13.1 Å². The fourth-order valence-electron chi connectivity index (χ4n) is 3.24. The van der Waals surface area contributed by atoms with Crippen LogP contribution >= 0.6 is 0 Å². The highest BCUT2D eigenvalue weighted by molar-refractivity contribution is 5.34. The molecule has 0 aliphatic carbocycles. The van der Waals surface area contributed by atoms with E-state index in [1.54, 1.807) is 0 Å². The number of rotatable bonds is 3. The molecule has 1 N–H and O–H groups in total. The maximum atomic E-state index is 13.2. The largest absolute Gasteiger partial charge is 0.316 e. The van der Waals surface area contributed by atoms with E-state index in [1.165, 1.54) is 24.3 Å². The molecule has 0 bridgehead atoms. The van der Waals surface area contributed by atoms with Crippen molar-refractivity contribution < 1.29 is 8.78 Å². The van der Waals surface area contributed by atoms with Gasteiger partial charge < -0.3 is 5.32 Å².